The van der Waals surface area contributed by atoms with Gasteiger partial charge in [-0.25, -0.2) is 0 Å². The largest absolute Gasteiger partial charge is 0.197 e. The van der Waals surface area contributed by atoms with E-state index in [1.807, 2.05) is 0 Å². The van der Waals surface area contributed by atoms with Gasteiger partial charge in [0.2, 0.25) is 0 Å². The Morgan fingerprint density at radius 2 is 0.889 bits per heavy atom. The van der Waals surface area contributed by atoms with Crippen molar-refractivity contribution in [2.24, 2.45) is 0 Å². The van der Waals surface area contributed by atoms with Gasteiger partial charge in [0.1, 0.15) is 0 Å². The highest BCUT2D eigenvalue weighted by molar-refractivity contribution is 7.59. The minimum Gasteiger partial charge on any atom is -0.197 e. The van der Waals surface area contributed by atoms with Crippen LogP contribution in [0.4, 0.5) is 0 Å². The van der Waals surface area contributed by atoms with Crippen LogP contribution in [0, 0.1) is 0 Å². The number of allylic oxidation sites excluding steroid dienone is 2. The summed E-state index contributed by atoms with van der Waals surface area (Å²) in [6.07, 6.45) is 11.1. The first-order chi connectivity index (χ1) is 12.9. The van der Waals surface area contributed by atoms with Crippen LogP contribution in [-0.4, -0.2) is 0 Å². The highest BCUT2D eigenvalue weighted by Crippen LogP contribution is 2.28. The summed E-state index contributed by atoms with van der Waals surface area (Å²) in [6.45, 7) is 0. The molecule has 27 heavy (non-hydrogen) atoms. The van der Waals surface area contributed by atoms with E-state index in [-0.39, 0.29) is 13.5 Å². The maximum atomic E-state index is 2.23. The molecule has 0 N–H and O–H groups in total. The van der Waals surface area contributed by atoms with E-state index in [1.165, 1.54) is 43.8 Å². The molecule has 0 fully saturated rings. The Bertz CT molecular complexity index is 1080. The third kappa shape index (κ3) is 3.20. The Morgan fingerprint density at radius 1 is 0.481 bits per heavy atom. The second kappa shape index (κ2) is 7.46. The monoisotopic (exact) mass is 366 g/mol. The second-order valence-electron chi connectivity index (χ2n) is 6.94. The first kappa shape index (κ1) is 17.6. The highest BCUT2D eigenvalue weighted by atomic mass is 32.1. The quantitative estimate of drug-likeness (QED) is 0.316. The van der Waals surface area contributed by atoms with Gasteiger partial charge in [0.15, 0.2) is 0 Å². The Labute approximate surface area is 167 Å². The van der Waals surface area contributed by atoms with E-state index in [4.69, 9.17) is 0 Å². The molecule has 0 nitrogen and oxygen atoms in total. The molecule has 0 amide bonds. The molecule has 2 aliphatic carbocycles. The maximum Gasteiger partial charge on any atom is -0.00763 e. The summed E-state index contributed by atoms with van der Waals surface area (Å²) in [4.78, 5) is 0. The summed E-state index contributed by atoms with van der Waals surface area (Å²) >= 11 is 0. The van der Waals surface area contributed by atoms with Gasteiger partial charge in [-0.05, 0) is 56.6 Å². The van der Waals surface area contributed by atoms with Crippen molar-refractivity contribution < 1.29 is 0 Å². The van der Waals surface area contributed by atoms with Crippen molar-refractivity contribution in [3.8, 4) is 0 Å². The second-order valence-corrected chi connectivity index (χ2v) is 6.94. The normalized spacial score (nSPS) is 13.0. The van der Waals surface area contributed by atoms with Crippen molar-refractivity contribution >= 4 is 47.2 Å². The van der Waals surface area contributed by atoms with Gasteiger partial charge in [-0.15, -0.1) is 0 Å². The molecule has 0 saturated carbocycles. The molecule has 132 valence electrons. The summed E-state index contributed by atoms with van der Waals surface area (Å²) in [5, 5.41) is 5.60. The minimum absolute atomic E-state index is 0. The van der Waals surface area contributed by atoms with Gasteiger partial charge >= 0.3 is 0 Å². The van der Waals surface area contributed by atoms with Crippen LogP contribution >= 0.6 is 13.5 Å². The van der Waals surface area contributed by atoms with E-state index < -0.39 is 0 Å². The smallest absolute Gasteiger partial charge is 0.00763 e. The Balaban J connectivity index is 0.000000129. The zero-order valence-corrected chi connectivity index (χ0v) is 16.2. The lowest BCUT2D eigenvalue weighted by atomic mass is 9.93. The summed E-state index contributed by atoms with van der Waals surface area (Å²) in [7, 11) is 0. The van der Waals surface area contributed by atoms with Crippen molar-refractivity contribution in [2.75, 3.05) is 0 Å². The van der Waals surface area contributed by atoms with E-state index in [0.29, 0.717) is 0 Å². The van der Waals surface area contributed by atoms with Crippen molar-refractivity contribution in [2.45, 2.75) is 12.8 Å². The summed E-state index contributed by atoms with van der Waals surface area (Å²) < 4.78 is 0. The molecule has 0 atom stereocenters. The number of hydrogen-bond acceptors (Lipinski definition) is 0. The van der Waals surface area contributed by atoms with Gasteiger partial charge in [0.05, 0.1) is 0 Å². The molecular weight excluding hydrogens is 344 g/mol. The lowest BCUT2D eigenvalue weighted by Crippen LogP contribution is -1.91. The van der Waals surface area contributed by atoms with Gasteiger partial charge in [-0.1, -0.05) is 97.1 Å². The third-order valence-electron chi connectivity index (χ3n) is 5.32. The van der Waals surface area contributed by atoms with Crippen molar-refractivity contribution in [3.05, 3.63) is 107 Å². The number of hydrogen-bond donors (Lipinski definition) is 0. The zero-order valence-electron chi connectivity index (χ0n) is 15.2. The fraction of sp³-hybridized carbons (Fsp3) is 0.0769. The summed E-state index contributed by atoms with van der Waals surface area (Å²) in [6, 6.07) is 26.1. The molecule has 6 rings (SSSR count). The third-order valence-corrected chi connectivity index (χ3v) is 5.32. The predicted octanol–water partition coefficient (Wildman–Crippen LogP) is 6.93. The van der Waals surface area contributed by atoms with E-state index in [0.717, 1.165) is 12.8 Å². The van der Waals surface area contributed by atoms with Crippen molar-refractivity contribution in [1.82, 2.24) is 0 Å². The molecule has 0 aliphatic heterocycles. The van der Waals surface area contributed by atoms with Crippen LogP contribution in [0.25, 0.3) is 33.7 Å². The molecule has 0 heterocycles. The lowest BCUT2D eigenvalue weighted by molar-refractivity contribution is 1.29. The number of benzene rings is 4. The van der Waals surface area contributed by atoms with Gasteiger partial charge in [0, 0.05) is 0 Å². The first-order valence-electron chi connectivity index (χ1n) is 9.24. The SMILES string of the molecule is C1=Cc2cccc3cccc(c23)C1.C1=Cc2cccc3cccc(c23)C1.S. The average Bonchev–Trinajstić information content (AvgIpc) is 2.70. The molecule has 2 aliphatic rings. The van der Waals surface area contributed by atoms with Crippen molar-refractivity contribution in [3.63, 3.8) is 0 Å². The van der Waals surface area contributed by atoms with Gasteiger partial charge in [-0.3, -0.25) is 0 Å². The van der Waals surface area contributed by atoms with Gasteiger partial charge < -0.3 is 0 Å². The maximum absolute atomic E-state index is 2.23. The van der Waals surface area contributed by atoms with Crippen molar-refractivity contribution in [1.29, 1.82) is 0 Å². The summed E-state index contributed by atoms with van der Waals surface area (Å²) in [5.41, 5.74) is 5.63. The van der Waals surface area contributed by atoms with Gasteiger partial charge in [-0.2, -0.15) is 13.5 Å². The highest BCUT2D eigenvalue weighted by Gasteiger charge is 2.07. The van der Waals surface area contributed by atoms with Crippen LogP contribution in [0.1, 0.15) is 22.3 Å². The zero-order chi connectivity index (χ0) is 17.3. The molecular formula is C26H22S. The summed E-state index contributed by atoms with van der Waals surface area (Å²) in [5.74, 6) is 0. The number of rotatable bonds is 0. The van der Waals surface area contributed by atoms with E-state index in [2.05, 4.69) is 97.1 Å². The van der Waals surface area contributed by atoms with Gasteiger partial charge in [0.25, 0.3) is 0 Å². The van der Waals surface area contributed by atoms with Crippen LogP contribution in [0.3, 0.4) is 0 Å². The molecule has 1 heteroatoms. The molecule has 0 spiro atoms. The Kier molecular flexibility index (Phi) is 4.87. The fourth-order valence-electron chi connectivity index (χ4n) is 4.14. The minimum atomic E-state index is 0. The van der Waals surface area contributed by atoms with Crippen LogP contribution in [-0.2, 0) is 12.8 Å². The standard InChI is InChI=1S/2C13H10.H2S/c2*1-4-10-6-2-8-12-9-3-7-11(5-1)13(10)12;/h2*1-8H,9H2;1H2. The molecule has 4 aromatic rings. The molecule has 0 bridgehead atoms. The van der Waals surface area contributed by atoms with Crippen LogP contribution in [0.5, 0.6) is 0 Å². The first-order valence-corrected chi connectivity index (χ1v) is 9.24. The van der Waals surface area contributed by atoms with E-state index >= 15 is 0 Å². The molecule has 0 saturated heterocycles. The van der Waals surface area contributed by atoms with E-state index in [1.54, 1.807) is 0 Å². The molecule has 0 radical (unpaired) electrons. The predicted molar refractivity (Wildman–Crippen MR) is 124 cm³/mol. The molecule has 0 unspecified atom stereocenters. The van der Waals surface area contributed by atoms with Crippen LogP contribution in [0.2, 0.25) is 0 Å². The molecule has 4 aromatic carbocycles. The molecule has 0 aromatic heterocycles. The fourth-order valence-corrected chi connectivity index (χ4v) is 4.14. The Hall–Kier alpha value is -2.77. The topological polar surface area (TPSA) is 0 Å². The average molecular weight is 367 g/mol. The van der Waals surface area contributed by atoms with Crippen LogP contribution < -0.4 is 0 Å². The van der Waals surface area contributed by atoms with E-state index in [9.17, 15) is 0 Å². The Morgan fingerprint density at radius 3 is 1.33 bits per heavy atom. The van der Waals surface area contributed by atoms with Crippen LogP contribution in [0.15, 0.2) is 84.9 Å². The lowest BCUT2D eigenvalue weighted by Gasteiger charge is -2.11.